The van der Waals surface area contributed by atoms with E-state index in [0.29, 0.717) is 17.0 Å². The number of nitro groups is 1. The Bertz CT molecular complexity index is 748. The lowest BCUT2D eigenvalue weighted by Crippen LogP contribution is -2.30. The highest BCUT2D eigenvalue weighted by Crippen LogP contribution is 2.17. The van der Waals surface area contributed by atoms with Crippen molar-refractivity contribution in [3.8, 4) is 11.8 Å². The van der Waals surface area contributed by atoms with Crippen molar-refractivity contribution in [2.24, 2.45) is 0 Å². The van der Waals surface area contributed by atoms with Crippen molar-refractivity contribution in [3.05, 3.63) is 64.2 Å². The molecule has 0 unspecified atom stereocenters. The van der Waals surface area contributed by atoms with E-state index in [1.807, 2.05) is 6.07 Å². The molecule has 7 nitrogen and oxygen atoms in total. The fourth-order valence-electron chi connectivity index (χ4n) is 1.78. The fourth-order valence-corrected chi connectivity index (χ4v) is 1.78. The summed E-state index contributed by atoms with van der Waals surface area (Å²) in [6.07, 6.45) is -0.766. The van der Waals surface area contributed by atoms with Gasteiger partial charge < -0.3 is 10.1 Å². The summed E-state index contributed by atoms with van der Waals surface area (Å²) in [4.78, 5) is 22.1. The Morgan fingerprint density at radius 1 is 1.22 bits per heavy atom. The first-order chi connectivity index (χ1) is 11.0. The highest BCUT2D eigenvalue weighted by atomic mass is 16.6. The standard InChI is InChI=1S/C16H13N3O4/c1-11(23-15-8-2-12(10-17)3-9-15)16(20)18-13-4-6-14(7-5-13)19(21)22/h2-9,11H,1H3,(H,18,20)/t11-/m1/s1. The van der Waals surface area contributed by atoms with E-state index in [-0.39, 0.29) is 11.6 Å². The minimum absolute atomic E-state index is 0.0510. The Kier molecular flexibility index (Phi) is 4.89. The quantitative estimate of drug-likeness (QED) is 0.675. The van der Waals surface area contributed by atoms with E-state index in [1.54, 1.807) is 31.2 Å². The maximum absolute atomic E-state index is 12.0. The Hall–Kier alpha value is -3.40. The maximum atomic E-state index is 12.0. The van der Waals surface area contributed by atoms with E-state index in [9.17, 15) is 14.9 Å². The van der Waals surface area contributed by atoms with E-state index in [2.05, 4.69) is 5.32 Å². The summed E-state index contributed by atoms with van der Waals surface area (Å²) < 4.78 is 5.48. The van der Waals surface area contributed by atoms with E-state index < -0.39 is 11.0 Å². The van der Waals surface area contributed by atoms with Gasteiger partial charge in [0.1, 0.15) is 5.75 Å². The second-order valence-corrected chi connectivity index (χ2v) is 4.69. The first-order valence-corrected chi connectivity index (χ1v) is 6.72. The zero-order valence-electron chi connectivity index (χ0n) is 12.2. The molecule has 0 aliphatic carbocycles. The van der Waals surface area contributed by atoms with Gasteiger partial charge in [-0.2, -0.15) is 5.26 Å². The van der Waals surface area contributed by atoms with Crippen LogP contribution in [0.2, 0.25) is 0 Å². The Morgan fingerprint density at radius 2 is 1.83 bits per heavy atom. The van der Waals surface area contributed by atoms with Gasteiger partial charge in [0.25, 0.3) is 11.6 Å². The average molecular weight is 311 g/mol. The number of benzene rings is 2. The summed E-state index contributed by atoms with van der Waals surface area (Å²) in [6.45, 7) is 1.58. The van der Waals surface area contributed by atoms with Gasteiger partial charge in [0.05, 0.1) is 16.6 Å². The van der Waals surface area contributed by atoms with E-state index in [4.69, 9.17) is 10.00 Å². The molecule has 0 saturated carbocycles. The van der Waals surface area contributed by atoms with E-state index in [0.717, 1.165) is 0 Å². The smallest absolute Gasteiger partial charge is 0.269 e. The molecule has 0 spiro atoms. The van der Waals surface area contributed by atoms with Gasteiger partial charge in [-0.25, -0.2) is 0 Å². The van der Waals surface area contributed by atoms with Gasteiger partial charge in [-0.3, -0.25) is 14.9 Å². The number of nitro benzene ring substituents is 1. The summed E-state index contributed by atoms with van der Waals surface area (Å²) in [7, 11) is 0. The first-order valence-electron chi connectivity index (χ1n) is 6.72. The monoisotopic (exact) mass is 311 g/mol. The Balaban J connectivity index is 1.96. The molecule has 1 amide bonds. The van der Waals surface area contributed by atoms with Gasteiger partial charge in [-0.15, -0.1) is 0 Å². The van der Waals surface area contributed by atoms with Gasteiger partial charge in [-0.05, 0) is 43.3 Å². The van der Waals surface area contributed by atoms with Gasteiger partial charge >= 0.3 is 0 Å². The molecule has 2 rings (SSSR count). The molecule has 116 valence electrons. The van der Waals surface area contributed by atoms with Crippen LogP contribution in [0, 0.1) is 21.4 Å². The number of nitrogens with one attached hydrogen (secondary N) is 1. The maximum Gasteiger partial charge on any atom is 0.269 e. The van der Waals surface area contributed by atoms with Crippen LogP contribution in [-0.4, -0.2) is 16.9 Å². The summed E-state index contributed by atoms with van der Waals surface area (Å²) in [5.41, 5.74) is 0.890. The Morgan fingerprint density at radius 3 is 2.35 bits per heavy atom. The molecule has 0 aliphatic heterocycles. The number of nitriles is 1. The number of hydrogen-bond acceptors (Lipinski definition) is 5. The number of amides is 1. The molecule has 0 saturated heterocycles. The minimum Gasteiger partial charge on any atom is -0.481 e. The lowest BCUT2D eigenvalue weighted by molar-refractivity contribution is -0.384. The molecule has 1 atom stereocenters. The summed E-state index contributed by atoms with van der Waals surface area (Å²) in [5, 5.41) is 21.9. The predicted octanol–water partition coefficient (Wildman–Crippen LogP) is 2.87. The average Bonchev–Trinajstić information content (AvgIpc) is 2.56. The van der Waals surface area contributed by atoms with Crippen LogP contribution in [0.4, 0.5) is 11.4 Å². The highest BCUT2D eigenvalue weighted by Gasteiger charge is 2.15. The van der Waals surface area contributed by atoms with E-state index in [1.165, 1.54) is 24.3 Å². The van der Waals surface area contributed by atoms with Crippen LogP contribution in [0.5, 0.6) is 5.75 Å². The van der Waals surface area contributed by atoms with Crippen LogP contribution >= 0.6 is 0 Å². The van der Waals surface area contributed by atoms with Crippen LogP contribution < -0.4 is 10.1 Å². The van der Waals surface area contributed by atoms with Gasteiger partial charge in [-0.1, -0.05) is 0 Å². The molecular weight excluding hydrogens is 298 g/mol. The summed E-state index contributed by atoms with van der Waals surface area (Å²) >= 11 is 0. The van der Waals surface area contributed by atoms with Gasteiger partial charge in [0.15, 0.2) is 6.10 Å². The molecule has 0 heterocycles. The van der Waals surface area contributed by atoms with Crippen molar-refractivity contribution in [3.63, 3.8) is 0 Å². The number of ether oxygens (including phenoxy) is 1. The zero-order chi connectivity index (χ0) is 16.8. The van der Waals surface area contributed by atoms with Crippen molar-refractivity contribution < 1.29 is 14.5 Å². The minimum atomic E-state index is -0.766. The van der Waals surface area contributed by atoms with Gasteiger partial charge in [0.2, 0.25) is 0 Å². The number of nitrogens with zero attached hydrogens (tertiary/aromatic N) is 2. The molecule has 7 heteroatoms. The number of carbonyl (C=O) groups is 1. The number of rotatable bonds is 5. The fraction of sp³-hybridized carbons (Fsp3) is 0.125. The summed E-state index contributed by atoms with van der Waals surface area (Å²) in [5.74, 6) is 0.0820. The van der Waals surface area contributed by atoms with Crippen LogP contribution in [0.3, 0.4) is 0 Å². The molecule has 0 radical (unpaired) electrons. The lowest BCUT2D eigenvalue weighted by Gasteiger charge is -2.14. The third-order valence-electron chi connectivity index (χ3n) is 3.01. The molecule has 1 N–H and O–H groups in total. The molecule has 0 fully saturated rings. The second kappa shape index (κ2) is 7.04. The van der Waals surface area contributed by atoms with Crippen LogP contribution in [0.1, 0.15) is 12.5 Å². The molecule has 0 aliphatic rings. The molecule has 2 aromatic carbocycles. The topological polar surface area (TPSA) is 105 Å². The first kappa shape index (κ1) is 16.0. The van der Waals surface area contributed by atoms with Crippen molar-refractivity contribution in [2.45, 2.75) is 13.0 Å². The number of non-ortho nitro benzene ring substituents is 1. The van der Waals surface area contributed by atoms with Crippen LogP contribution in [0.15, 0.2) is 48.5 Å². The molecule has 2 aromatic rings. The SMILES string of the molecule is C[C@@H](Oc1ccc(C#N)cc1)C(=O)Nc1ccc([N+](=O)[O-])cc1. The molecular formula is C16H13N3O4. The Labute approximate surface area is 132 Å². The largest absolute Gasteiger partial charge is 0.481 e. The van der Waals surface area contributed by atoms with Crippen LogP contribution in [-0.2, 0) is 4.79 Å². The third-order valence-corrected chi connectivity index (χ3v) is 3.01. The number of carbonyl (C=O) groups excluding carboxylic acids is 1. The van der Waals surface area contributed by atoms with Gasteiger partial charge in [0, 0.05) is 17.8 Å². The number of hydrogen-bond donors (Lipinski definition) is 1. The normalized spacial score (nSPS) is 11.1. The predicted molar refractivity (Wildman–Crippen MR) is 83.0 cm³/mol. The molecule has 0 bridgehead atoms. The molecule has 23 heavy (non-hydrogen) atoms. The molecule has 0 aromatic heterocycles. The van der Waals surface area contributed by atoms with Crippen molar-refractivity contribution in [1.82, 2.24) is 0 Å². The van der Waals surface area contributed by atoms with Crippen molar-refractivity contribution in [2.75, 3.05) is 5.32 Å². The number of anilines is 1. The van der Waals surface area contributed by atoms with Crippen LogP contribution in [0.25, 0.3) is 0 Å². The third kappa shape index (κ3) is 4.28. The lowest BCUT2D eigenvalue weighted by atomic mass is 10.2. The van der Waals surface area contributed by atoms with E-state index >= 15 is 0 Å². The van der Waals surface area contributed by atoms with Crippen molar-refractivity contribution in [1.29, 1.82) is 5.26 Å². The second-order valence-electron chi connectivity index (χ2n) is 4.69. The zero-order valence-corrected chi connectivity index (χ0v) is 12.2. The summed E-state index contributed by atoms with van der Waals surface area (Å²) in [6, 6.07) is 13.9. The van der Waals surface area contributed by atoms with Crippen molar-refractivity contribution >= 4 is 17.3 Å². The highest BCUT2D eigenvalue weighted by molar-refractivity contribution is 5.94.